The molecular weight excluding hydrogens is 282 g/mol. The van der Waals surface area contributed by atoms with Crippen molar-refractivity contribution in [3.05, 3.63) is 34.9 Å². The fraction of sp³-hybridized carbons (Fsp3) is 0.667. The molecule has 0 saturated heterocycles. The van der Waals surface area contributed by atoms with E-state index in [9.17, 15) is 0 Å². The first-order valence-electron chi connectivity index (χ1n) is 8.01. The molecular formula is C18H28ClNO. The standard InChI is InChI=1S/C18H28ClNO/c1-4-21-18(10-8-17(2,3)9-11-18)16(20)13-14-6-5-7-15(19)12-14/h5-7,12,16H,4,8-11,13,20H2,1-3H3. The second-order valence-corrected chi connectivity index (χ2v) is 7.54. The molecule has 0 aromatic heterocycles. The number of hydrogen-bond donors (Lipinski definition) is 1. The maximum absolute atomic E-state index is 6.57. The lowest BCUT2D eigenvalue weighted by Crippen LogP contribution is -2.54. The lowest BCUT2D eigenvalue weighted by atomic mass is 9.68. The van der Waals surface area contributed by atoms with Crippen LogP contribution in [0.5, 0.6) is 0 Å². The number of halogens is 1. The maximum atomic E-state index is 6.57. The molecule has 2 nitrogen and oxygen atoms in total. The van der Waals surface area contributed by atoms with Crippen LogP contribution in [0.3, 0.4) is 0 Å². The van der Waals surface area contributed by atoms with Gasteiger partial charge in [-0.05, 0) is 62.1 Å². The van der Waals surface area contributed by atoms with E-state index in [1.165, 1.54) is 18.4 Å². The van der Waals surface area contributed by atoms with Gasteiger partial charge in [0.15, 0.2) is 0 Å². The summed E-state index contributed by atoms with van der Waals surface area (Å²) < 4.78 is 6.17. The zero-order valence-corrected chi connectivity index (χ0v) is 14.2. The molecule has 1 fully saturated rings. The van der Waals surface area contributed by atoms with Crippen LogP contribution in [0.25, 0.3) is 0 Å². The summed E-state index contributed by atoms with van der Waals surface area (Å²) >= 11 is 6.08. The third-order valence-electron chi connectivity index (χ3n) is 4.90. The molecule has 0 radical (unpaired) electrons. The summed E-state index contributed by atoms with van der Waals surface area (Å²) in [5.74, 6) is 0. The minimum Gasteiger partial charge on any atom is -0.374 e. The van der Waals surface area contributed by atoms with E-state index in [0.717, 1.165) is 30.9 Å². The van der Waals surface area contributed by atoms with E-state index in [2.05, 4.69) is 26.8 Å². The smallest absolute Gasteiger partial charge is 0.0836 e. The van der Waals surface area contributed by atoms with E-state index in [4.69, 9.17) is 22.1 Å². The molecule has 2 rings (SSSR count). The third kappa shape index (κ3) is 4.21. The SMILES string of the molecule is CCOC1(C(N)Cc2cccc(Cl)c2)CCC(C)(C)CC1. The van der Waals surface area contributed by atoms with Crippen molar-refractivity contribution in [3.63, 3.8) is 0 Å². The second kappa shape index (κ2) is 6.68. The molecule has 1 aliphatic carbocycles. The number of hydrogen-bond acceptors (Lipinski definition) is 2. The van der Waals surface area contributed by atoms with Crippen LogP contribution >= 0.6 is 11.6 Å². The van der Waals surface area contributed by atoms with Gasteiger partial charge in [-0.3, -0.25) is 0 Å². The van der Waals surface area contributed by atoms with Crippen molar-refractivity contribution in [2.24, 2.45) is 11.1 Å². The first kappa shape index (κ1) is 16.8. The van der Waals surface area contributed by atoms with E-state index in [1.54, 1.807) is 0 Å². The number of benzene rings is 1. The Morgan fingerprint density at radius 2 is 1.90 bits per heavy atom. The van der Waals surface area contributed by atoms with Gasteiger partial charge in [-0.25, -0.2) is 0 Å². The number of ether oxygens (including phenoxy) is 1. The molecule has 0 aliphatic heterocycles. The molecule has 2 N–H and O–H groups in total. The Bertz CT molecular complexity index is 462. The van der Waals surface area contributed by atoms with Crippen molar-refractivity contribution in [2.75, 3.05) is 6.61 Å². The Labute approximate surface area is 134 Å². The predicted molar refractivity (Wildman–Crippen MR) is 89.7 cm³/mol. The van der Waals surface area contributed by atoms with Crippen LogP contribution in [-0.4, -0.2) is 18.2 Å². The molecule has 21 heavy (non-hydrogen) atoms. The van der Waals surface area contributed by atoms with Gasteiger partial charge in [0.2, 0.25) is 0 Å². The van der Waals surface area contributed by atoms with Crippen LogP contribution in [0.1, 0.15) is 52.0 Å². The number of nitrogens with two attached hydrogens (primary N) is 1. The Balaban J connectivity index is 2.11. The lowest BCUT2D eigenvalue weighted by Gasteiger charge is -2.46. The zero-order chi connectivity index (χ0) is 15.5. The third-order valence-corrected chi connectivity index (χ3v) is 5.14. The molecule has 1 aliphatic rings. The first-order chi connectivity index (χ1) is 9.87. The van der Waals surface area contributed by atoms with Crippen molar-refractivity contribution in [2.45, 2.75) is 64.5 Å². The second-order valence-electron chi connectivity index (χ2n) is 7.10. The predicted octanol–water partition coefficient (Wildman–Crippen LogP) is 4.59. The molecule has 1 aromatic rings. The molecule has 118 valence electrons. The van der Waals surface area contributed by atoms with E-state index in [1.807, 2.05) is 18.2 Å². The molecule has 1 unspecified atom stereocenters. The van der Waals surface area contributed by atoms with Gasteiger partial charge in [-0.1, -0.05) is 37.6 Å². The minimum absolute atomic E-state index is 0.0204. The summed E-state index contributed by atoms with van der Waals surface area (Å²) in [4.78, 5) is 0. The molecule has 1 atom stereocenters. The van der Waals surface area contributed by atoms with Gasteiger partial charge in [0, 0.05) is 17.7 Å². The van der Waals surface area contributed by atoms with Gasteiger partial charge in [0.05, 0.1) is 5.60 Å². The van der Waals surface area contributed by atoms with Crippen molar-refractivity contribution in [3.8, 4) is 0 Å². The van der Waals surface area contributed by atoms with Gasteiger partial charge >= 0.3 is 0 Å². The van der Waals surface area contributed by atoms with E-state index >= 15 is 0 Å². The van der Waals surface area contributed by atoms with Crippen LogP contribution in [0.2, 0.25) is 5.02 Å². The highest BCUT2D eigenvalue weighted by molar-refractivity contribution is 6.30. The molecule has 1 saturated carbocycles. The zero-order valence-electron chi connectivity index (χ0n) is 13.5. The lowest BCUT2D eigenvalue weighted by molar-refractivity contribution is -0.0987. The van der Waals surface area contributed by atoms with E-state index in [-0.39, 0.29) is 11.6 Å². The Morgan fingerprint density at radius 1 is 1.24 bits per heavy atom. The fourth-order valence-electron chi connectivity index (χ4n) is 3.36. The fourth-order valence-corrected chi connectivity index (χ4v) is 3.58. The van der Waals surface area contributed by atoms with Crippen molar-refractivity contribution < 1.29 is 4.74 Å². The van der Waals surface area contributed by atoms with Gasteiger partial charge in [-0.15, -0.1) is 0 Å². The van der Waals surface area contributed by atoms with Gasteiger partial charge in [0.1, 0.15) is 0 Å². The van der Waals surface area contributed by atoms with Crippen LogP contribution in [0.15, 0.2) is 24.3 Å². The Morgan fingerprint density at radius 3 is 2.48 bits per heavy atom. The normalized spacial score (nSPS) is 22.0. The first-order valence-corrected chi connectivity index (χ1v) is 8.39. The highest BCUT2D eigenvalue weighted by Crippen LogP contribution is 2.43. The summed E-state index contributed by atoms with van der Waals surface area (Å²) in [6.07, 6.45) is 5.28. The maximum Gasteiger partial charge on any atom is 0.0836 e. The van der Waals surface area contributed by atoms with Crippen LogP contribution in [0.4, 0.5) is 0 Å². The molecule has 0 spiro atoms. The Kier molecular flexibility index (Phi) is 5.34. The van der Waals surface area contributed by atoms with Crippen molar-refractivity contribution in [1.82, 2.24) is 0 Å². The number of rotatable bonds is 5. The largest absolute Gasteiger partial charge is 0.374 e. The van der Waals surface area contributed by atoms with Crippen LogP contribution in [0, 0.1) is 5.41 Å². The molecule has 0 heterocycles. The molecule has 0 bridgehead atoms. The van der Waals surface area contributed by atoms with Gasteiger partial charge in [-0.2, -0.15) is 0 Å². The topological polar surface area (TPSA) is 35.2 Å². The Hall–Kier alpha value is -0.570. The van der Waals surface area contributed by atoms with Crippen molar-refractivity contribution in [1.29, 1.82) is 0 Å². The van der Waals surface area contributed by atoms with E-state index in [0.29, 0.717) is 5.41 Å². The minimum atomic E-state index is -0.174. The summed E-state index contributed by atoms with van der Waals surface area (Å²) in [7, 11) is 0. The average Bonchev–Trinajstić information content (AvgIpc) is 2.41. The average molecular weight is 310 g/mol. The summed E-state index contributed by atoms with van der Waals surface area (Å²) in [5, 5.41) is 0.773. The molecule has 1 aromatic carbocycles. The van der Waals surface area contributed by atoms with Crippen LogP contribution in [-0.2, 0) is 11.2 Å². The van der Waals surface area contributed by atoms with Gasteiger partial charge < -0.3 is 10.5 Å². The molecule has 0 amide bonds. The monoisotopic (exact) mass is 309 g/mol. The molecule has 3 heteroatoms. The summed E-state index contributed by atoms with van der Waals surface area (Å²) in [5.41, 5.74) is 8.00. The van der Waals surface area contributed by atoms with Crippen LogP contribution < -0.4 is 5.73 Å². The summed E-state index contributed by atoms with van der Waals surface area (Å²) in [6, 6.07) is 8.01. The van der Waals surface area contributed by atoms with Gasteiger partial charge in [0.25, 0.3) is 0 Å². The summed E-state index contributed by atoms with van der Waals surface area (Å²) in [6.45, 7) is 7.47. The van der Waals surface area contributed by atoms with E-state index < -0.39 is 0 Å². The van der Waals surface area contributed by atoms with Crippen molar-refractivity contribution >= 4 is 11.6 Å². The quantitative estimate of drug-likeness (QED) is 0.863. The highest BCUT2D eigenvalue weighted by atomic mass is 35.5. The highest BCUT2D eigenvalue weighted by Gasteiger charge is 2.43.